The Labute approximate surface area is 149 Å². The van der Waals surface area contributed by atoms with Crippen molar-refractivity contribution in [2.24, 2.45) is 5.41 Å². The SMILES string of the molecule is COCCN1C[C@]2(CCCN(C(=O)Cc3ccccc3)C2)CCC1=O. The van der Waals surface area contributed by atoms with Crippen molar-refractivity contribution in [1.82, 2.24) is 9.80 Å². The van der Waals surface area contributed by atoms with Crippen LogP contribution in [0, 0.1) is 5.41 Å². The van der Waals surface area contributed by atoms with Crippen molar-refractivity contribution in [3.8, 4) is 0 Å². The molecule has 0 aliphatic carbocycles. The van der Waals surface area contributed by atoms with Crippen molar-refractivity contribution >= 4 is 11.8 Å². The topological polar surface area (TPSA) is 49.9 Å². The first-order valence-electron chi connectivity index (χ1n) is 9.20. The van der Waals surface area contributed by atoms with Gasteiger partial charge >= 0.3 is 0 Å². The van der Waals surface area contributed by atoms with Crippen LogP contribution in [-0.2, 0) is 20.7 Å². The standard InChI is InChI=1S/C20H28N2O3/c1-25-13-12-22-16-20(10-8-18(22)23)9-5-11-21(15-20)19(24)14-17-6-3-2-4-7-17/h2-4,6-7H,5,8-16H2,1H3/t20-/m1/s1. The Balaban J connectivity index is 1.63. The molecule has 2 aliphatic heterocycles. The highest BCUT2D eigenvalue weighted by atomic mass is 16.5. The van der Waals surface area contributed by atoms with Gasteiger partial charge in [0.2, 0.25) is 11.8 Å². The molecule has 2 aliphatic rings. The fraction of sp³-hybridized carbons (Fsp3) is 0.600. The fourth-order valence-corrected chi connectivity index (χ4v) is 4.14. The summed E-state index contributed by atoms with van der Waals surface area (Å²) in [5.41, 5.74) is 1.12. The zero-order valence-corrected chi connectivity index (χ0v) is 15.1. The second-order valence-electron chi connectivity index (χ2n) is 7.39. The Morgan fingerprint density at radius 1 is 1.20 bits per heavy atom. The minimum absolute atomic E-state index is 0.0618. The van der Waals surface area contributed by atoms with E-state index in [1.807, 2.05) is 40.1 Å². The van der Waals surface area contributed by atoms with E-state index in [0.717, 1.165) is 44.5 Å². The predicted molar refractivity (Wildman–Crippen MR) is 96.1 cm³/mol. The molecule has 2 saturated heterocycles. The van der Waals surface area contributed by atoms with E-state index in [-0.39, 0.29) is 17.2 Å². The summed E-state index contributed by atoms with van der Waals surface area (Å²) in [6.07, 6.45) is 4.06. The maximum absolute atomic E-state index is 12.7. The van der Waals surface area contributed by atoms with Crippen LogP contribution in [-0.4, -0.2) is 61.5 Å². The molecule has 1 aromatic rings. The molecule has 1 spiro atoms. The lowest BCUT2D eigenvalue weighted by Crippen LogP contribution is -2.55. The summed E-state index contributed by atoms with van der Waals surface area (Å²) < 4.78 is 5.14. The third kappa shape index (κ3) is 4.40. The number of methoxy groups -OCH3 is 1. The van der Waals surface area contributed by atoms with Crippen molar-refractivity contribution in [2.45, 2.75) is 32.1 Å². The Hall–Kier alpha value is -1.88. The molecule has 0 aromatic heterocycles. The number of carbonyl (C=O) groups excluding carboxylic acids is 2. The Morgan fingerprint density at radius 2 is 2.00 bits per heavy atom. The number of hydrogen-bond acceptors (Lipinski definition) is 3. The Bertz CT molecular complexity index is 604. The third-order valence-corrected chi connectivity index (χ3v) is 5.53. The lowest BCUT2D eigenvalue weighted by Gasteiger charge is -2.48. The van der Waals surface area contributed by atoms with Crippen molar-refractivity contribution in [1.29, 1.82) is 0 Å². The molecule has 5 heteroatoms. The van der Waals surface area contributed by atoms with Gasteiger partial charge in [0.15, 0.2) is 0 Å². The molecule has 0 radical (unpaired) electrons. The quantitative estimate of drug-likeness (QED) is 0.822. The smallest absolute Gasteiger partial charge is 0.227 e. The van der Waals surface area contributed by atoms with Gasteiger partial charge in [-0.2, -0.15) is 0 Å². The summed E-state index contributed by atoms with van der Waals surface area (Å²) in [5, 5.41) is 0. The van der Waals surface area contributed by atoms with Gasteiger partial charge in [0.05, 0.1) is 13.0 Å². The number of hydrogen-bond donors (Lipinski definition) is 0. The van der Waals surface area contributed by atoms with E-state index in [1.165, 1.54) is 0 Å². The van der Waals surface area contributed by atoms with Crippen LogP contribution >= 0.6 is 0 Å². The van der Waals surface area contributed by atoms with Gasteiger partial charge in [0, 0.05) is 45.1 Å². The van der Waals surface area contributed by atoms with Gasteiger partial charge in [-0.3, -0.25) is 9.59 Å². The maximum Gasteiger partial charge on any atom is 0.227 e. The number of rotatable bonds is 5. The molecule has 3 rings (SSSR count). The summed E-state index contributed by atoms with van der Waals surface area (Å²) >= 11 is 0. The molecule has 1 aromatic carbocycles. The van der Waals surface area contributed by atoms with Gasteiger partial charge in [0.25, 0.3) is 0 Å². The van der Waals surface area contributed by atoms with Crippen LogP contribution in [0.1, 0.15) is 31.2 Å². The lowest BCUT2D eigenvalue weighted by atomic mass is 9.73. The molecule has 1 atom stereocenters. The zero-order chi connectivity index (χ0) is 17.7. The lowest BCUT2D eigenvalue weighted by molar-refractivity contribution is -0.143. The molecular weight excluding hydrogens is 316 g/mol. The number of likely N-dealkylation sites (tertiary alicyclic amines) is 2. The van der Waals surface area contributed by atoms with Crippen LogP contribution in [0.4, 0.5) is 0 Å². The van der Waals surface area contributed by atoms with Gasteiger partial charge in [0.1, 0.15) is 0 Å². The van der Waals surface area contributed by atoms with Gasteiger partial charge in [-0.25, -0.2) is 0 Å². The highest BCUT2D eigenvalue weighted by molar-refractivity contribution is 5.79. The van der Waals surface area contributed by atoms with Crippen LogP contribution < -0.4 is 0 Å². The number of carbonyl (C=O) groups is 2. The third-order valence-electron chi connectivity index (χ3n) is 5.53. The zero-order valence-electron chi connectivity index (χ0n) is 15.1. The summed E-state index contributed by atoms with van der Waals surface area (Å²) in [6, 6.07) is 9.92. The van der Waals surface area contributed by atoms with Crippen LogP contribution in [0.3, 0.4) is 0 Å². The minimum atomic E-state index is 0.0618. The molecule has 2 amide bonds. The van der Waals surface area contributed by atoms with Gasteiger partial charge in [-0.05, 0) is 24.8 Å². The number of ether oxygens (including phenoxy) is 1. The molecule has 0 saturated carbocycles. The van der Waals surface area contributed by atoms with Crippen LogP contribution in [0.15, 0.2) is 30.3 Å². The van der Waals surface area contributed by atoms with E-state index >= 15 is 0 Å². The molecule has 0 N–H and O–H groups in total. The van der Waals surface area contributed by atoms with Crippen LogP contribution in [0.2, 0.25) is 0 Å². The molecule has 2 fully saturated rings. The van der Waals surface area contributed by atoms with E-state index < -0.39 is 0 Å². The summed E-state index contributed by atoms with van der Waals surface area (Å²) in [5.74, 6) is 0.418. The first-order chi connectivity index (χ1) is 12.1. The number of nitrogens with zero attached hydrogens (tertiary/aromatic N) is 2. The van der Waals surface area contributed by atoms with Crippen molar-refractivity contribution in [3.63, 3.8) is 0 Å². The van der Waals surface area contributed by atoms with Crippen LogP contribution in [0.25, 0.3) is 0 Å². The monoisotopic (exact) mass is 344 g/mol. The summed E-state index contributed by atoms with van der Waals surface area (Å²) in [4.78, 5) is 28.9. The first kappa shape index (κ1) is 17.9. The van der Waals surface area contributed by atoms with Gasteiger partial charge < -0.3 is 14.5 Å². The largest absolute Gasteiger partial charge is 0.383 e. The average Bonchev–Trinajstić information content (AvgIpc) is 2.64. The van der Waals surface area contributed by atoms with Crippen molar-refractivity contribution < 1.29 is 14.3 Å². The molecule has 136 valence electrons. The van der Waals surface area contributed by atoms with E-state index in [1.54, 1.807) is 7.11 Å². The molecule has 0 unspecified atom stereocenters. The molecule has 2 heterocycles. The van der Waals surface area contributed by atoms with Crippen LogP contribution in [0.5, 0.6) is 0 Å². The number of benzene rings is 1. The van der Waals surface area contributed by atoms with Gasteiger partial charge in [-0.15, -0.1) is 0 Å². The normalized spacial score (nSPS) is 24.0. The maximum atomic E-state index is 12.7. The van der Waals surface area contributed by atoms with E-state index in [0.29, 0.717) is 26.0 Å². The Kier molecular flexibility index (Phi) is 5.74. The fourth-order valence-electron chi connectivity index (χ4n) is 4.14. The second kappa shape index (κ2) is 8.00. The molecule has 0 bridgehead atoms. The van der Waals surface area contributed by atoms with Gasteiger partial charge in [-0.1, -0.05) is 30.3 Å². The van der Waals surface area contributed by atoms with E-state index in [2.05, 4.69) is 0 Å². The predicted octanol–water partition coefficient (Wildman–Crippen LogP) is 2.11. The molecule has 5 nitrogen and oxygen atoms in total. The van der Waals surface area contributed by atoms with Crippen molar-refractivity contribution in [3.05, 3.63) is 35.9 Å². The summed E-state index contributed by atoms with van der Waals surface area (Å²) in [6.45, 7) is 3.58. The van der Waals surface area contributed by atoms with E-state index in [9.17, 15) is 9.59 Å². The highest BCUT2D eigenvalue weighted by Gasteiger charge is 2.42. The minimum Gasteiger partial charge on any atom is -0.383 e. The average molecular weight is 344 g/mol. The van der Waals surface area contributed by atoms with E-state index in [4.69, 9.17) is 4.74 Å². The Morgan fingerprint density at radius 3 is 2.76 bits per heavy atom. The second-order valence-corrected chi connectivity index (χ2v) is 7.39. The summed E-state index contributed by atoms with van der Waals surface area (Å²) in [7, 11) is 1.66. The highest BCUT2D eigenvalue weighted by Crippen LogP contribution is 2.39. The first-order valence-corrected chi connectivity index (χ1v) is 9.20. The van der Waals surface area contributed by atoms with Crippen molar-refractivity contribution in [2.75, 3.05) is 39.9 Å². The number of amides is 2. The molecular formula is C20H28N2O3. The number of piperidine rings is 2. The molecule has 25 heavy (non-hydrogen) atoms.